The summed E-state index contributed by atoms with van der Waals surface area (Å²) in [6, 6.07) is 11.0. The average molecular weight is 395 g/mol. The topological polar surface area (TPSA) is 59.1 Å². The van der Waals surface area contributed by atoms with Crippen LogP contribution >= 0.6 is 22.9 Å². The molecule has 8 heteroatoms. The molecule has 0 saturated carbocycles. The lowest BCUT2D eigenvalue weighted by atomic mass is 10.2. The Kier molecular flexibility index (Phi) is 6.00. The first-order chi connectivity index (χ1) is 12.6. The number of hydrogen-bond acceptors (Lipinski definition) is 6. The average Bonchev–Trinajstić information content (AvgIpc) is 3.12. The number of methoxy groups -OCH3 is 1. The summed E-state index contributed by atoms with van der Waals surface area (Å²) in [5, 5.41) is 0. The Bertz CT molecular complexity index is 787. The number of hydrogen-bond donors (Lipinski definition) is 0. The van der Waals surface area contributed by atoms with Crippen LogP contribution in [0.25, 0.3) is 0 Å². The number of anilines is 1. The third-order valence-corrected chi connectivity index (χ3v) is 5.37. The maximum Gasteiger partial charge on any atom is 0.348 e. The molecule has 1 aromatic carbocycles. The maximum absolute atomic E-state index is 12.3. The van der Waals surface area contributed by atoms with Gasteiger partial charge in [-0.2, -0.15) is 0 Å². The summed E-state index contributed by atoms with van der Waals surface area (Å²) in [5.41, 5.74) is 1.02. The van der Waals surface area contributed by atoms with E-state index in [0.29, 0.717) is 35.4 Å². The SMILES string of the molecule is COc1ccccc1N1CCN(C(=O)COC(=O)c2ccc(Cl)s2)CC1. The molecule has 1 fully saturated rings. The number of nitrogens with zero attached hydrogens (tertiary/aromatic N) is 2. The van der Waals surface area contributed by atoms with Gasteiger partial charge in [0, 0.05) is 26.2 Å². The van der Waals surface area contributed by atoms with E-state index in [1.54, 1.807) is 24.1 Å². The van der Waals surface area contributed by atoms with Crippen molar-refractivity contribution in [1.82, 2.24) is 4.90 Å². The lowest BCUT2D eigenvalue weighted by Gasteiger charge is -2.36. The van der Waals surface area contributed by atoms with Gasteiger partial charge >= 0.3 is 5.97 Å². The van der Waals surface area contributed by atoms with Crippen LogP contribution in [0.3, 0.4) is 0 Å². The Morgan fingerprint density at radius 3 is 2.50 bits per heavy atom. The molecule has 0 unspecified atom stereocenters. The summed E-state index contributed by atoms with van der Waals surface area (Å²) >= 11 is 6.93. The van der Waals surface area contributed by atoms with Crippen LogP contribution < -0.4 is 9.64 Å². The molecule has 26 heavy (non-hydrogen) atoms. The van der Waals surface area contributed by atoms with Gasteiger partial charge in [0.25, 0.3) is 5.91 Å². The zero-order valence-corrected chi connectivity index (χ0v) is 15.9. The predicted molar refractivity (Wildman–Crippen MR) is 101 cm³/mol. The molecule has 3 rings (SSSR count). The van der Waals surface area contributed by atoms with Crippen LogP contribution in [0, 0.1) is 0 Å². The Hall–Kier alpha value is -2.25. The van der Waals surface area contributed by atoms with Crippen molar-refractivity contribution in [3.63, 3.8) is 0 Å². The standard InChI is InChI=1S/C18H19ClN2O4S/c1-24-14-5-3-2-4-13(14)20-8-10-21(11-9-20)17(22)12-25-18(23)15-6-7-16(19)26-15/h2-7H,8-12H2,1H3. The number of para-hydroxylation sites is 2. The third kappa shape index (κ3) is 4.28. The number of carbonyl (C=O) groups is 2. The quantitative estimate of drug-likeness (QED) is 0.730. The van der Waals surface area contributed by atoms with Crippen molar-refractivity contribution in [3.05, 3.63) is 45.6 Å². The van der Waals surface area contributed by atoms with Crippen molar-refractivity contribution in [2.75, 3.05) is 44.8 Å². The number of carbonyl (C=O) groups excluding carboxylic acids is 2. The molecular weight excluding hydrogens is 376 g/mol. The fourth-order valence-corrected chi connectivity index (χ4v) is 3.74. The zero-order valence-electron chi connectivity index (χ0n) is 14.3. The molecule has 0 N–H and O–H groups in total. The van der Waals surface area contributed by atoms with E-state index in [2.05, 4.69) is 4.90 Å². The maximum atomic E-state index is 12.3. The Labute approximate surface area is 160 Å². The molecule has 6 nitrogen and oxygen atoms in total. The van der Waals surface area contributed by atoms with Crippen LogP contribution in [0.5, 0.6) is 5.75 Å². The van der Waals surface area contributed by atoms with Gasteiger partial charge in [0.1, 0.15) is 10.6 Å². The van der Waals surface area contributed by atoms with Crippen LogP contribution in [0.1, 0.15) is 9.67 Å². The van der Waals surface area contributed by atoms with E-state index < -0.39 is 5.97 Å². The fraction of sp³-hybridized carbons (Fsp3) is 0.333. The van der Waals surface area contributed by atoms with Gasteiger partial charge in [0.15, 0.2) is 6.61 Å². The Morgan fingerprint density at radius 2 is 1.85 bits per heavy atom. The van der Waals surface area contributed by atoms with Gasteiger partial charge in [-0.05, 0) is 24.3 Å². The van der Waals surface area contributed by atoms with Crippen molar-refractivity contribution in [2.24, 2.45) is 0 Å². The Balaban J connectivity index is 1.50. The van der Waals surface area contributed by atoms with Crippen molar-refractivity contribution in [1.29, 1.82) is 0 Å². The number of benzene rings is 1. The number of esters is 1. The largest absolute Gasteiger partial charge is 0.495 e. The summed E-state index contributed by atoms with van der Waals surface area (Å²) in [6.45, 7) is 2.27. The molecule has 0 radical (unpaired) electrons. The smallest absolute Gasteiger partial charge is 0.348 e. The van der Waals surface area contributed by atoms with Gasteiger partial charge in [0.05, 0.1) is 17.1 Å². The van der Waals surface area contributed by atoms with Crippen LogP contribution in [0.4, 0.5) is 5.69 Å². The van der Waals surface area contributed by atoms with Crippen LogP contribution in [-0.4, -0.2) is 56.7 Å². The van der Waals surface area contributed by atoms with Crippen molar-refractivity contribution in [3.8, 4) is 5.75 Å². The minimum absolute atomic E-state index is 0.194. The second kappa shape index (κ2) is 8.42. The molecule has 1 aliphatic heterocycles. The molecule has 2 heterocycles. The molecule has 1 saturated heterocycles. The number of amides is 1. The molecule has 2 aromatic rings. The zero-order chi connectivity index (χ0) is 18.5. The van der Waals surface area contributed by atoms with E-state index in [0.717, 1.165) is 22.8 Å². The van der Waals surface area contributed by atoms with E-state index in [1.807, 2.05) is 24.3 Å². The summed E-state index contributed by atoms with van der Waals surface area (Å²) in [5.74, 6) is 0.0967. The minimum Gasteiger partial charge on any atom is -0.495 e. The fourth-order valence-electron chi connectivity index (χ4n) is 2.80. The van der Waals surface area contributed by atoms with E-state index in [1.165, 1.54) is 0 Å². The molecule has 0 spiro atoms. The molecule has 1 aliphatic rings. The first-order valence-electron chi connectivity index (χ1n) is 8.16. The molecular formula is C18H19ClN2O4S. The van der Waals surface area contributed by atoms with Gasteiger partial charge in [-0.25, -0.2) is 4.79 Å². The van der Waals surface area contributed by atoms with Gasteiger partial charge in [-0.15, -0.1) is 11.3 Å². The first-order valence-corrected chi connectivity index (χ1v) is 9.36. The van der Waals surface area contributed by atoms with E-state index in [9.17, 15) is 9.59 Å². The predicted octanol–water partition coefficient (Wildman–Crippen LogP) is 2.92. The third-order valence-electron chi connectivity index (χ3n) is 4.16. The lowest BCUT2D eigenvalue weighted by Crippen LogP contribution is -2.50. The van der Waals surface area contributed by atoms with Crippen molar-refractivity contribution < 1.29 is 19.1 Å². The number of halogens is 1. The summed E-state index contributed by atoms with van der Waals surface area (Å²) in [7, 11) is 1.65. The summed E-state index contributed by atoms with van der Waals surface area (Å²) in [4.78, 5) is 28.5. The molecule has 0 atom stereocenters. The van der Waals surface area contributed by atoms with Crippen molar-refractivity contribution >= 4 is 40.5 Å². The lowest BCUT2D eigenvalue weighted by molar-refractivity contribution is -0.134. The van der Waals surface area contributed by atoms with Crippen LogP contribution in [-0.2, 0) is 9.53 Å². The van der Waals surface area contributed by atoms with Gasteiger partial charge in [-0.3, -0.25) is 4.79 Å². The molecule has 0 aliphatic carbocycles. The molecule has 138 valence electrons. The number of thiophene rings is 1. The van der Waals surface area contributed by atoms with Crippen LogP contribution in [0.2, 0.25) is 4.34 Å². The number of ether oxygens (including phenoxy) is 2. The highest BCUT2D eigenvalue weighted by Crippen LogP contribution is 2.28. The van der Waals surface area contributed by atoms with Gasteiger partial charge < -0.3 is 19.3 Å². The molecule has 1 amide bonds. The summed E-state index contributed by atoms with van der Waals surface area (Å²) in [6.07, 6.45) is 0. The van der Waals surface area contributed by atoms with Gasteiger partial charge in [0.2, 0.25) is 0 Å². The van der Waals surface area contributed by atoms with E-state index in [4.69, 9.17) is 21.1 Å². The van der Waals surface area contributed by atoms with Crippen molar-refractivity contribution in [2.45, 2.75) is 0 Å². The van der Waals surface area contributed by atoms with E-state index in [-0.39, 0.29) is 12.5 Å². The van der Waals surface area contributed by atoms with E-state index >= 15 is 0 Å². The summed E-state index contributed by atoms with van der Waals surface area (Å²) < 4.78 is 11.0. The molecule has 0 bridgehead atoms. The second-order valence-electron chi connectivity index (χ2n) is 5.72. The van der Waals surface area contributed by atoms with Crippen LogP contribution in [0.15, 0.2) is 36.4 Å². The first kappa shape index (κ1) is 18.5. The number of piperazine rings is 1. The molecule has 1 aromatic heterocycles. The Morgan fingerprint density at radius 1 is 1.12 bits per heavy atom. The second-order valence-corrected chi connectivity index (χ2v) is 7.43. The monoisotopic (exact) mass is 394 g/mol. The number of rotatable bonds is 5. The highest BCUT2D eigenvalue weighted by atomic mass is 35.5. The highest BCUT2D eigenvalue weighted by molar-refractivity contribution is 7.17. The minimum atomic E-state index is -0.525. The van der Waals surface area contributed by atoms with Gasteiger partial charge in [-0.1, -0.05) is 23.7 Å². The highest BCUT2D eigenvalue weighted by Gasteiger charge is 2.24. The normalized spacial score (nSPS) is 14.2.